The number of rotatable bonds is 7. The fourth-order valence-electron chi connectivity index (χ4n) is 6.39. The molecule has 0 bridgehead atoms. The van der Waals surface area contributed by atoms with Crippen molar-refractivity contribution in [1.29, 1.82) is 0 Å². The lowest BCUT2D eigenvalue weighted by Gasteiger charge is -2.41. The zero-order valence-electron chi connectivity index (χ0n) is 23.5. The zero-order chi connectivity index (χ0) is 27.2. The lowest BCUT2D eigenvalue weighted by molar-refractivity contribution is -0.135. The molecular weight excluding hydrogens is 510 g/mol. The summed E-state index contributed by atoms with van der Waals surface area (Å²) in [6.07, 6.45) is 10.4. The summed E-state index contributed by atoms with van der Waals surface area (Å²) in [5, 5.41) is 5.64. The second-order valence-corrected chi connectivity index (χ2v) is 12.0. The van der Waals surface area contributed by atoms with Crippen LogP contribution in [0, 0.1) is 0 Å². The molecule has 1 N–H and O–H groups in total. The average Bonchev–Trinajstić information content (AvgIpc) is 3.45. The molecule has 2 aromatic rings. The molecule has 1 aromatic heterocycles. The van der Waals surface area contributed by atoms with E-state index in [2.05, 4.69) is 33.3 Å². The standard InChI is InChI=1S/C30H43N5O3S/c1-3-28(36)35-14-8-7-11-24(35)20-33-15-17-34(18-16-33)30(37)32-29-31-26(21-39-29)25-19-23(12-13-27(25)38-2)22-9-5-4-6-10-22/h12-13,19,21-22,24H,3-11,14-18,20H2,1-2H3,(H,31,32,37). The third kappa shape index (κ3) is 6.74. The van der Waals surface area contributed by atoms with Crippen LogP contribution >= 0.6 is 11.3 Å². The molecule has 39 heavy (non-hydrogen) atoms. The Balaban J connectivity index is 1.16. The number of aromatic nitrogens is 1. The van der Waals surface area contributed by atoms with Crippen molar-refractivity contribution in [1.82, 2.24) is 19.7 Å². The predicted molar refractivity (Wildman–Crippen MR) is 157 cm³/mol. The quantitative estimate of drug-likeness (QED) is 0.468. The van der Waals surface area contributed by atoms with Crippen LogP contribution in [-0.2, 0) is 4.79 Å². The van der Waals surface area contributed by atoms with E-state index in [1.807, 2.05) is 17.2 Å². The number of likely N-dealkylation sites (tertiary alicyclic amines) is 1. The Morgan fingerprint density at radius 2 is 1.79 bits per heavy atom. The lowest BCUT2D eigenvalue weighted by Crippen LogP contribution is -2.55. The van der Waals surface area contributed by atoms with Crippen LogP contribution in [0.5, 0.6) is 5.75 Å². The van der Waals surface area contributed by atoms with E-state index in [1.165, 1.54) is 55.4 Å². The Labute approximate surface area is 236 Å². The van der Waals surface area contributed by atoms with Gasteiger partial charge in [-0.15, -0.1) is 11.3 Å². The van der Waals surface area contributed by atoms with Gasteiger partial charge in [0, 0.05) is 62.7 Å². The van der Waals surface area contributed by atoms with Gasteiger partial charge in [-0.3, -0.25) is 15.0 Å². The van der Waals surface area contributed by atoms with Crippen LogP contribution in [0.4, 0.5) is 9.93 Å². The van der Waals surface area contributed by atoms with Crippen LogP contribution in [0.2, 0.25) is 0 Å². The predicted octanol–water partition coefficient (Wildman–Crippen LogP) is 5.81. The van der Waals surface area contributed by atoms with Gasteiger partial charge >= 0.3 is 6.03 Å². The normalized spacial score (nSPS) is 21.1. The molecule has 2 aliphatic heterocycles. The molecule has 0 radical (unpaired) electrons. The molecule has 3 heterocycles. The van der Waals surface area contributed by atoms with Gasteiger partial charge in [0.05, 0.1) is 12.8 Å². The number of amides is 3. The molecule has 3 aliphatic rings. The van der Waals surface area contributed by atoms with E-state index in [4.69, 9.17) is 9.72 Å². The lowest BCUT2D eigenvalue weighted by atomic mass is 9.83. The Kier molecular flexibility index (Phi) is 9.40. The minimum atomic E-state index is -0.0982. The summed E-state index contributed by atoms with van der Waals surface area (Å²) in [4.78, 5) is 36.6. The molecular formula is C30H43N5O3S. The van der Waals surface area contributed by atoms with E-state index in [0.29, 0.717) is 36.6 Å². The monoisotopic (exact) mass is 553 g/mol. The van der Waals surface area contributed by atoms with Crippen molar-refractivity contribution in [3.63, 3.8) is 0 Å². The van der Waals surface area contributed by atoms with E-state index in [1.54, 1.807) is 7.11 Å². The number of carbonyl (C=O) groups excluding carboxylic acids is 2. The average molecular weight is 554 g/mol. The van der Waals surface area contributed by atoms with Crippen LogP contribution in [0.25, 0.3) is 11.3 Å². The first-order valence-corrected chi connectivity index (χ1v) is 15.6. The highest BCUT2D eigenvalue weighted by molar-refractivity contribution is 7.14. The van der Waals surface area contributed by atoms with E-state index in [0.717, 1.165) is 56.0 Å². The fraction of sp³-hybridized carbons (Fsp3) is 0.633. The summed E-state index contributed by atoms with van der Waals surface area (Å²) < 4.78 is 5.66. The van der Waals surface area contributed by atoms with Crippen molar-refractivity contribution in [2.75, 3.05) is 51.7 Å². The molecule has 3 fully saturated rings. The number of anilines is 1. The maximum atomic E-state index is 13.1. The number of methoxy groups -OCH3 is 1. The number of benzene rings is 1. The van der Waals surface area contributed by atoms with Gasteiger partial charge in [0.1, 0.15) is 5.75 Å². The van der Waals surface area contributed by atoms with E-state index in [9.17, 15) is 9.59 Å². The number of hydrogen-bond acceptors (Lipinski definition) is 6. The number of hydrogen-bond donors (Lipinski definition) is 1. The fourth-order valence-corrected chi connectivity index (χ4v) is 7.09. The Hall–Kier alpha value is -2.65. The van der Waals surface area contributed by atoms with Gasteiger partial charge in [-0.1, -0.05) is 32.3 Å². The third-order valence-corrected chi connectivity index (χ3v) is 9.43. The molecule has 1 aromatic carbocycles. The van der Waals surface area contributed by atoms with Crippen molar-refractivity contribution >= 4 is 28.4 Å². The summed E-state index contributed by atoms with van der Waals surface area (Å²) in [5.74, 6) is 1.68. The summed E-state index contributed by atoms with van der Waals surface area (Å²) in [5.41, 5.74) is 3.19. The number of nitrogens with one attached hydrogen (secondary N) is 1. The molecule has 3 amide bonds. The Bertz CT molecular complexity index is 1120. The first-order chi connectivity index (χ1) is 19.1. The maximum absolute atomic E-state index is 13.1. The van der Waals surface area contributed by atoms with Gasteiger partial charge in [0.25, 0.3) is 0 Å². The van der Waals surface area contributed by atoms with Crippen molar-refractivity contribution in [3.05, 3.63) is 29.1 Å². The van der Waals surface area contributed by atoms with Crippen molar-refractivity contribution < 1.29 is 14.3 Å². The van der Waals surface area contributed by atoms with Gasteiger partial charge in [-0.05, 0) is 55.7 Å². The molecule has 1 aliphatic carbocycles. The Morgan fingerprint density at radius 3 is 2.54 bits per heavy atom. The van der Waals surface area contributed by atoms with Gasteiger partial charge in [-0.25, -0.2) is 9.78 Å². The Morgan fingerprint density at radius 1 is 1.03 bits per heavy atom. The summed E-state index contributed by atoms with van der Waals surface area (Å²) in [7, 11) is 1.70. The van der Waals surface area contributed by atoms with E-state index < -0.39 is 0 Å². The number of thiazole rings is 1. The summed E-state index contributed by atoms with van der Waals surface area (Å²) in [6.45, 7) is 6.73. The molecule has 1 atom stereocenters. The molecule has 8 nitrogen and oxygen atoms in total. The highest BCUT2D eigenvalue weighted by Crippen LogP contribution is 2.38. The third-order valence-electron chi connectivity index (χ3n) is 8.67. The molecule has 1 unspecified atom stereocenters. The van der Waals surface area contributed by atoms with E-state index in [-0.39, 0.29) is 11.9 Å². The van der Waals surface area contributed by atoms with Crippen LogP contribution < -0.4 is 10.1 Å². The summed E-state index contributed by atoms with van der Waals surface area (Å²) in [6, 6.07) is 6.69. The zero-order valence-corrected chi connectivity index (χ0v) is 24.3. The van der Waals surface area contributed by atoms with E-state index >= 15 is 0 Å². The summed E-state index contributed by atoms with van der Waals surface area (Å²) >= 11 is 1.45. The van der Waals surface area contributed by atoms with Crippen LogP contribution in [0.1, 0.15) is 76.2 Å². The smallest absolute Gasteiger partial charge is 0.323 e. The highest BCUT2D eigenvalue weighted by Gasteiger charge is 2.29. The van der Waals surface area contributed by atoms with Crippen molar-refractivity contribution in [2.24, 2.45) is 0 Å². The van der Waals surface area contributed by atoms with Crippen LogP contribution in [-0.4, -0.2) is 84.0 Å². The first-order valence-electron chi connectivity index (χ1n) is 14.8. The maximum Gasteiger partial charge on any atom is 0.323 e. The number of urea groups is 1. The second kappa shape index (κ2) is 13.1. The van der Waals surface area contributed by atoms with Gasteiger partial charge in [-0.2, -0.15) is 0 Å². The first kappa shape index (κ1) is 27.9. The molecule has 0 spiro atoms. The van der Waals surface area contributed by atoms with Gasteiger partial charge in [0.15, 0.2) is 5.13 Å². The number of nitrogens with zero attached hydrogens (tertiary/aromatic N) is 4. The van der Waals surface area contributed by atoms with Gasteiger partial charge < -0.3 is 14.5 Å². The molecule has 2 saturated heterocycles. The van der Waals surface area contributed by atoms with Crippen molar-refractivity contribution in [2.45, 2.75) is 76.7 Å². The SMILES string of the molecule is CCC(=O)N1CCCCC1CN1CCN(C(=O)Nc2nc(-c3cc(C4CCCCC4)ccc3OC)cs2)CC1. The number of piperazine rings is 1. The van der Waals surface area contributed by atoms with Crippen LogP contribution in [0.15, 0.2) is 23.6 Å². The molecule has 212 valence electrons. The number of ether oxygens (including phenoxy) is 1. The van der Waals surface area contributed by atoms with Crippen molar-refractivity contribution in [3.8, 4) is 17.0 Å². The largest absolute Gasteiger partial charge is 0.496 e. The van der Waals surface area contributed by atoms with Gasteiger partial charge in [0.2, 0.25) is 5.91 Å². The molecule has 5 rings (SSSR count). The molecule has 9 heteroatoms. The number of carbonyl (C=O) groups is 2. The topological polar surface area (TPSA) is 78.0 Å². The number of piperidine rings is 1. The second-order valence-electron chi connectivity index (χ2n) is 11.1. The minimum Gasteiger partial charge on any atom is -0.496 e. The minimum absolute atomic E-state index is 0.0982. The highest BCUT2D eigenvalue weighted by atomic mass is 32.1. The molecule has 1 saturated carbocycles. The van der Waals surface area contributed by atoms with Crippen LogP contribution in [0.3, 0.4) is 0 Å².